The molecule has 0 aromatic rings. The van der Waals surface area contributed by atoms with Gasteiger partial charge in [0.05, 0.1) is 0 Å². The largest absolute Gasteiger partial charge is 0.461 e. The van der Waals surface area contributed by atoms with Crippen LogP contribution in [-0.4, -0.2) is 16.9 Å². The molecule has 2 fully saturated rings. The molecule has 2 aliphatic carbocycles. The highest BCUT2D eigenvalue weighted by Gasteiger charge is 2.62. The second-order valence-electron chi connectivity index (χ2n) is 6.15. The zero-order valence-corrected chi connectivity index (χ0v) is 12.1. The van der Waals surface area contributed by atoms with E-state index >= 15 is 0 Å². The van der Waals surface area contributed by atoms with Gasteiger partial charge >= 0.3 is 5.97 Å². The van der Waals surface area contributed by atoms with E-state index < -0.39 is 0 Å². The van der Waals surface area contributed by atoms with Gasteiger partial charge in [0.25, 0.3) is 0 Å². The summed E-state index contributed by atoms with van der Waals surface area (Å²) in [5.41, 5.74) is 0.489. The van der Waals surface area contributed by atoms with Crippen LogP contribution in [0.4, 0.5) is 0 Å². The van der Waals surface area contributed by atoms with Crippen LogP contribution in [0.2, 0.25) is 0 Å². The highest BCUT2D eigenvalue weighted by molar-refractivity contribution is 9.10. The van der Waals surface area contributed by atoms with E-state index in [2.05, 4.69) is 36.7 Å². The molecule has 2 saturated carbocycles. The minimum atomic E-state index is -0.196. The zero-order chi connectivity index (χ0) is 12.1. The summed E-state index contributed by atoms with van der Waals surface area (Å²) in [6.45, 7) is 8.77. The number of alkyl halides is 1. The second kappa shape index (κ2) is 3.72. The summed E-state index contributed by atoms with van der Waals surface area (Å²) in [6.07, 6.45) is 3.66. The molecule has 0 unspecified atom stereocenters. The van der Waals surface area contributed by atoms with Crippen molar-refractivity contribution in [2.24, 2.45) is 16.7 Å². The SMILES string of the molecule is C[C@H](Br)C(=O)O[C@@H]1C[C@@H]2CC[C@]1(C)C2(C)C. The highest BCUT2D eigenvalue weighted by atomic mass is 79.9. The fraction of sp³-hybridized carbons (Fsp3) is 0.923. The molecule has 0 radical (unpaired) electrons. The summed E-state index contributed by atoms with van der Waals surface area (Å²) in [6, 6.07) is 0. The van der Waals surface area contributed by atoms with Crippen molar-refractivity contribution < 1.29 is 9.53 Å². The first kappa shape index (κ1) is 12.4. The quantitative estimate of drug-likeness (QED) is 0.574. The topological polar surface area (TPSA) is 26.3 Å². The average molecular weight is 289 g/mol. The molecule has 0 heterocycles. The molecule has 0 saturated heterocycles. The van der Waals surface area contributed by atoms with Gasteiger partial charge in [-0.15, -0.1) is 0 Å². The fourth-order valence-corrected chi connectivity index (χ4v) is 3.65. The Morgan fingerprint density at radius 2 is 2.06 bits per heavy atom. The van der Waals surface area contributed by atoms with Crippen molar-refractivity contribution in [3.63, 3.8) is 0 Å². The lowest BCUT2D eigenvalue weighted by atomic mass is 9.70. The Hall–Kier alpha value is -0.0500. The van der Waals surface area contributed by atoms with Crippen molar-refractivity contribution in [1.29, 1.82) is 0 Å². The van der Waals surface area contributed by atoms with E-state index in [0.29, 0.717) is 5.41 Å². The van der Waals surface area contributed by atoms with Gasteiger partial charge in [-0.2, -0.15) is 0 Å². The van der Waals surface area contributed by atoms with E-state index in [1.807, 2.05) is 6.92 Å². The molecule has 16 heavy (non-hydrogen) atoms. The van der Waals surface area contributed by atoms with Crippen LogP contribution in [0.15, 0.2) is 0 Å². The van der Waals surface area contributed by atoms with Crippen molar-refractivity contribution in [3.05, 3.63) is 0 Å². The minimum Gasteiger partial charge on any atom is -0.461 e. The Morgan fingerprint density at radius 1 is 1.44 bits per heavy atom. The van der Waals surface area contributed by atoms with Gasteiger partial charge in [0.15, 0.2) is 0 Å². The van der Waals surface area contributed by atoms with E-state index in [9.17, 15) is 4.79 Å². The maximum atomic E-state index is 11.7. The second-order valence-corrected chi connectivity index (χ2v) is 7.53. The third kappa shape index (κ3) is 1.54. The van der Waals surface area contributed by atoms with E-state index in [-0.39, 0.29) is 22.3 Å². The van der Waals surface area contributed by atoms with E-state index in [0.717, 1.165) is 12.3 Å². The Balaban J connectivity index is 2.13. The Bertz CT molecular complexity index is 311. The van der Waals surface area contributed by atoms with Gasteiger partial charge in [-0.25, -0.2) is 0 Å². The molecule has 2 bridgehead atoms. The normalized spacial score (nSPS) is 42.1. The number of ether oxygens (including phenoxy) is 1. The number of rotatable bonds is 2. The summed E-state index contributed by atoms with van der Waals surface area (Å²) >= 11 is 3.27. The van der Waals surface area contributed by atoms with Crippen molar-refractivity contribution in [1.82, 2.24) is 0 Å². The Morgan fingerprint density at radius 3 is 2.44 bits per heavy atom. The summed E-state index contributed by atoms with van der Waals surface area (Å²) in [7, 11) is 0. The number of hydrogen-bond donors (Lipinski definition) is 0. The lowest BCUT2D eigenvalue weighted by Gasteiger charge is -2.38. The standard InChI is InChI=1S/C13H21BrO2/c1-8(14)11(15)16-10-7-9-5-6-13(10,4)12(9,2)3/h8-10H,5-7H2,1-4H3/t8-,9-,10+,13-/m0/s1. The lowest BCUT2D eigenvalue weighted by molar-refractivity contribution is -0.155. The monoisotopic (exact) mass is 288 g/mol. The van der Waals surface area contributed by atoms with Crippen molar-refractivity contribution in [2.75, 3.05) is 0 Å². The molecule has 4 atom stereocenters. The first-order chi connectivity index (χ1) is 7.29. The molecule has 0 spiro atoms. The summed E-state index contributed by atoms with van der Waals surface area (Å²) < 4.78 is 5.66. The average Bonchev–Trinajstić information content (AvgIpc) is 2.50. The predicted molar refractivity (Wildman–Crippen MR) is 67.5 cm³/mol. The molecule has 0 amide bonds. The smallest absolute Gasteiger partial charge is 0.319 e. The van der Waals surface area contributed by atoms with Crippen LogP contribution >= 0.6 is 15.9 Å². The Labute approximate surface area is 106 Å². The van der Waals surface area contributed by atoms with Crippen LogP contribution in [0.25, 0.3) is 0 Å². The molecule has 92 valence electrons. The van der Waals surface area contributed by atoms with Gasteiger partial charge < -0.3 is 4.74 Å². The van der Waals surface area contributed by atoms with Crippen LogP contribution in [0.1, 0.15) is 47.0 Å². The summed E-state index contributed by atoms with van der Waals surface area (Å²) in [4.78, 5) is 11.5. The van der Waals surface area contributed by atoms with Crippen LogP contribution in [0, 0.1) is 16.7 Å². The number of hydrogen-bond acceptors (Lipinski definition) is 2. The maximum absolute atomic E-state index is 11.7. The van der Waals surface area contributed by atoms with Crippen LogP contribution in [0.3, 0.4) is 0 Å². The van der Waals surface area contributed by atoms with E-state index in [1.54, 1.807) is 0 Å². The van der Waals surface area contributed by atoms with Gasteiger partial charge in [-0.3, -0.25) is 4.79 Å². The van der Waals surface area contributed by atoms with Crippen molar-refractivity contribution in [2.45, 2.75) is 57.9 Å². The molecule has 2 nitrogen and oxygen atoms in total. The lowest BCUT2D eigenvalue weighted by Crippen LogP contribution is -2.39. The third-order valence-corrected chi connectivity index (χ3v) is 5.67. The molecule has 2 aliphatic rings. The molecule has 0 aromatic heterocycles. The summed E-state index contributed by atoms with van der Waals surface area (Å²) in [5.74, 6) is 0.607. The number of esters is 1. The van der Waals surface area contributed by atoms with Gasteiger partial charge in [-0.1, -0.05) is 36.7 Å². The maximum Gasteiger partial charge on any atom is 0.319 e. The molecular weight excluding hydrogens is 268 g/mol. The molecular formula is C13H21BrO2. The van der Waals surface area contributed by atoms with Gasteiger partial charge in [0.1, 0.15) is 10.9 Å². The number of carbonyl (C=O) groups excluding carboxylic acids is 1. The van der Waals surface area contributed by atoms with Gasteiger partial charge in [0.2, 0.25) is 0 Å². The molecule has 2 rings (SSSR count). The van der Waals surface area contributed by atoms with Crippen LogP contribution in [-0.2, 0) is 9.53 Å². The highest BCUT2D eigenvalue weighted by Crippen LogP contribution is 2.66. The van der Waals surface area contributed by atoms with Crippen molar-refractivity contribution in [3.8, 4) is 0 Å². The van der Waals surface area contributed by atoms with E-state index in [4.69, 9.17) is 4.74 Å². The number of halogens is 1. The van der Waals surface area contributed by atoms with E-state index in [1.165, 1.54) is 12.8 Å². The first-order valence-electron chi connectivity index (χ1n) is 6.13. The molecule has 3 heteroatoms. The number of carbonyl (C=O) groups is 1. The molecule has 0 aliphatic heterocycles. The predicted octanol–water partition coefficient (Wildman–Crippen LogP) is 3.53. The number of fused-ring (bicyclic) bond motifs is 2. The minimum absolute atomic E-state index is 0.116. The van der Waals surface area contributed by atoms with Crippen molar-refractivity contribution >= 4 is 21.9 Å². The molecule has 0 N–H and O–H groups in total. The fourth-order valence-electron chi connectivity index (χ4n) is 3.54. The first-order valence-corrected chi connectivity index (χ1v) is 7.05. The zero-order valence-electron chi connectivity index (χ0n) is 10.5. The van der Waals surface area contributed by atoms with Crippen LogP contribution in [0.5, 0.6) is 0 Å². The van der Waals surface area contributed by atoms with Gasteiger partial charge in [0, 0.05) is 5.41 Å². The summed E-state index contributed by atoms with van der Waals surface area (Å²) in [5, 5.41) is 0. The third-order valence-electron chi connectivity index (χ3n) is 5.30. The Kier molecular flexibility index (Phi) is 2.89. The van der Waals surface area contributed by atoms with Crippen LogP contribution < -0.4 is 0 Å². The molecule has 0 aromatic carbocycles. The van der Waals surface area contributed by atoms with Gasteiger partial charge in [-0.05, 0) is 37.5 Å².